The van der Waals surface area contributed by atoms with Gasteiger partial charge in [0.05, 0.1) is 11.9 Å². The van der Waals surface area contributed by atoms with Crippen molar-refractivity contribution in [1.82, 2.24) is 10.6 Å². The molecule has 0 saturated heterocycles. The molecule has 0 bridgehead atoms. The number of hydrogen-bond acceptors (Lipinski definition) is 5. The minimum Gasteiger partial charge on any atom is -0.391 e. The first-order chi connectivity index (χ1) is 10.8. The summed E-state index contributed by atoms with van der Waals surface area (Å²) < 4.78 is 0. The Morgan fingerprint density at radius 2 is 1.88 bits per heavy atom. The number of aliphatic hydroxyl groups is 1. The highest BCUT2D eigenvalue weighted by atomic mass is 35.5. The summed E-state index contributed by atoms with van der Waals surface area (Å²) in [4.78, 5) is 23.0. The Morgan fingerprint density at radius 1 is 1.24 bits per heavy atom. The zero-order chi connectivity index (χ0) is 17.7. The molecule has 146 valence electrons. The van der Waals surface area contributed by atoms with E-state index in [4.69, 9.17) is 16.9 Å². The van der Waals surface area contributed by atoms with Crippen LogP contribution in [0.25, 0.3) is 0 Å². The Hall–Kier alpha value is -1.61. The smallest absolute Gasteiger partial charge is 0.244 e. The van der Waals surface area contributed by atoms with Crippen LogP contribution in [-0.2, 0) is 9.59 Å². The number of carbonyl (C=O) groups is 2. The lowest BCUT2D eigenvalue weighted by atomic mass is 10.1. The van der Waals surface area contributed by atoms with E-state index in [0.29, 0.717) is 0 Å². The van der Waals surface area contributed by atoms with Crippen molar-refractivity contribution in [3.63, 3.8) is 0 Å². The number of halogens is 2. The molecule has 0 unspecified atom stereocenters. The summed E-state index contributed by atoms with van der Waals surface area (Å²) in [7, 11) is 0. The van der Waals surface area contributed by atoms with E-state index in [1.165, 1.54) is 6.08 Å². The summed E-state index contributed by atoms with van der Waals surface area (Å²) in [6, 6.07) is -0.516. The lowest BCUT2D eigenvalue weighted by molar-refractivity contribution is -0.121. The fraction of sp³-hybridized carbons (Fsp3) is 0.533. The molecule has 0 heterocycles. The zero-order valence-electron chi connectivity index (χ0n) is 14.2. The van der Waals surface area contributed by atoms with Gasteiger partial charge in [0, 0.05) is 38.0 Å². The van der Waals surface area contributed by atoms with Gasteiger partial charge in [-0.15, -0.1) is 24.8 Å². The molecule has 0 aromatic rings. The third-order valence-electron chi connectivity index (χ3n) is 2.80. The summed E-state index contributed by atoms with van der Waals surface area (Å²) in [5.74, 6) is -0.564. The van der Waals surface area contributed by atoms with E-state index < -0.39 is 12.1 Å². The van der Waals surface area contributed by atoms with Crippen molar-refractivity contribution in [2.24, 2.45) is 11.5 Å². The van der Waals surface area contributed by atoms with Gasteiger partial charge in [-0.05, 0) is 13.3 Å². The van der Waals surface area contributed by atoms with Gasteiger partial charge in [-0.3, -0.25) is 15.0 Å². The molecule has 2 amide bonds. The molecule has 0 aliphatic carbocycles. The number of nitrogens with two attached hydrogens (primary N) is 2. The van der Waals surface area contributed by atoms with Gasteiger partial charge < -0.3 is 27.2 Å². The lowest BCUT2D eigenvalue weighted by Crippen LogP contribution is -2.38. The summed E-state index contributed by atoms with van der Waals surface area (Å²) >= 11 is 0. The second kappa shape index (κ2) is 17.2. The van der Waals surface area contributed by atoms with E-state index >= 15 is 0 Å². The summed E-state index contributed by atoms with van der Waals surface area (Å²) in [6.45, 7) is 2.19. The number of amidine groups is 1. The first-order valence-corrected chi connectivity index (χ1v) is 7.45. The average Bonchev–Trinajstić information content (AvgIpc) is 2.44. The van der Waals surface area contributed by atoms with Crippen molar-refractivity contribution < 1.29 is 14.7 Å². The van der Waals surface area contributed by atoms with Crippen LogP contribution in [0.2, 0.25) is 0 Å². The maximum atomic E-state index is 11.6. The molecule has 0 rings (SSSR count). The second-order valence-electron chi connectivity index (χ2n) is 5.11. The third-order valence-corrected chi connectivity index (χ3v) is 2.80. The van der Waals surface area contributed by atoms with Crippen LogP contribution < -0.4 is 22.1 Å². The number of nitrogens with one attached hydrogen (secondary N) is 3. The van der Waals surface area contributed by atoms with E-state index in [1.807, 2.05) is 6.92 Å². The number of hydrogen-bond donors (Lipinski definition) is 6. The minimum atomic E-state index is -0.825. The number of amides is 2. The highest BCUT2D eigenvalue weighted by molar-refractivity contribution is 5.87. The fourth-order valence-corrected chi connectivity index (χ4v) is 1.69. The predicted molar refractivity (Wildman–Crippen MR) is 104 cm³/mol. The molecule has 0 aliphatic heterocycles. The molecule has 0 aliphatic rings. The topological polar surface area (TPSA) is 154 Å². The van der Waals surface area contributed by atoms with Crippen molar-refractivity contribution in [3.8, 4) is 0 Å². The summed E-state index contributed by atoms with van der Waals surface area (Å²) in [5.41, 5.74) is 11.0. The largest absolute Gasteiger partial charge is 0.391 e. The molecule has 0 aromatic heterocycles. The maximum Gasteiger partial charge on any atom is 0.244 e. The fourth-order valence-electron chi connectivity index (χ4n) is 1.69. The molecule has 10 heteroatoms. The van der Waals surface area contributed by atoms with Crippen LogP contribution in [0.1, 0.15) is 26.2 Å². The standard InChI is InChI=1S/C15H27N5O3.2ClH/c1-2-3-4-5-14(22)20-10-12(21)8-11(16)9-15(23)19-7-6-13(17)18;;/h2-5,11-12,21H,6-10,16H2,1H3,(H3,17,18)(H,19,23)(H,20,22);2*1H/b3-2-,5-4+;;/t11-,12-;;/m1../s1. The Bertz CT molecular complexity index is 458. The maximum absolute atomic E-state index is 11.6. The van der Waals surface area contributed by atoms with Gasteiger partial charge in [-0.1, -0.05) is 18.2 Å². The molecule has 2 atom stereocenters. The molecule has 8 N–H and O–H groups in total. The molecule has 25 heavy (non-hydrogen) atoms. The zero-order valence-corrected chi connectivity index (χ0v) is 15.9. The van der Waals surface area contributed by atoms with E-state index in [0.717, 1.165) is 0 Å². The molecule has 0 fully saturated rings. The van der Waals surface area contributed by atoms with Crippen molar-refractivity contribution in [2.75, 3.05) is 13.1 Å². The van der Waals surface area contributed by atoms with E-state index in [2.05, 4.69) is 10.6 Å². The van der Waals surface area contributed by atoms with Gasteiger partial charge in [-0.25, -0.2) is 0 Å². The predicted octanol–water partition coefficient (Wildman–Crippen LogP) is -0.0108. The number of rotatable bonds is 11. The van der Waals surface area contributed by atoms with Crippen molar-refractivity contribution >= 4 is 42.5 Å². The SMILES string of the molecule is C/C=C\C=C\C(=O)NC[C@H](O)C[C@@H](N)CC(=O)NCCC(=N)N.Cl.Cl. The monoisotopic (exact) mass is 397 g/mol. The van der Waals surface area contributed by atoms with Crippen LogP contribution in [0.3, 0.4) is 0 Å². The van der Waals surface area contributed by atoms with Crippen LogP contribution in [0.5, 0.6) is 0 Å². The minimum absolute atomic E-state index is 0. The normalized spacial score (nSPS) is 12.8. The van der Waals surface area contributed by atoms with Crippen LogP contribution >= 0.6 is 24.8 Å². The summed E-state index contributed by atoms with van der Waals surface area (Å²) in [5, 5.41) is 22.0. The van der Waals surface area contributed by atoms with Crippen LogP contribution in [0.4, 0.5) is 0 Å². The van der Waals surface area contributed by atoms with E-state index in [9.17, 15) is 14.7 Å². The second-order valence-corrected chi connectivity index (χ2v) is 5.11. The highest BCUT2D eigenvalue weighted by Gasteiger charge is 2.14. The van der Waals surface area contributed by atoms with Gasteiger partial charge in [-0.2, -0.15) is 0 Å². The Labute approximate surface area is 160 Å². The van der Waals surface area contributed by atoms with Crippen LogP contribution in [0.15, 0.2) is 24.3 Å². The molecule has 8 nitrogen and oxygen atoms in total. The molecule has 0 radical (unpaired) electrons. The van der Waals surface area contributed by atoms with Gasteiger partial charge in [0.25, 0.3) is 0 Å². The molecular formula is C15H29Cl2N5O3. The highest BCUT2D eigenvalue weighted by Crippen LogP contribution is 2.00. The molecule has 0 aromatic carbocycles. The molecular weight excluding hydrogens is 369 g/mol. The quantitative estimate of drug-likeness (QED) is 0.125. The van der Waals surface area contributed by atoms with Gasteiger partial charge in [0.2, 0.25) is 11.8 Å². The Balaban J connectivity index is -0.00000242. The van der Waals surface area contributed by atoms with Gasteiger partial charge in [0.1, 0.15) is 0 Å². The Morgan fingerprint density at radius 3 is 2.44 bits per heavy atom. The van der Waals surface area contributed by atoms with Crippen molar-refractivity contribution in [2.45, 2.75) is 38.3 Å². The van der Waals surface area contributed by atoms with Crippen molar-refractivity contribution in [3.05, 3.63) is 24.3 Å². The first kappa shape index (κ1) is 28.2. The first-order valence-electron chi connectivity index (χ1n) is 7.45. The average molecular weight is 398 g/mol. The number of carbonyl (C=O) groups excluding carboxylic acids is 2. The molecule has 0 spiro atoms. The number of allylic oxidation sites excluding steroid dienone is 3. The van der Waals surface area contributed by atoms with Crippen LogP contribution in [0, 0.1) is 5.41 Å². The van der Waals surface area contributed by atoms with Gasteiger partial charge in [0.15, 0.2) is 0 Å². The van der Waals surface area contributed by atoms with Crippen molar-refractivity contribution in [1.29, 1.82) is 5.41 Å². The van der Waals surface area contributed by atoms with Crippen LogP contribution in [-0.4, -0.2) is 48.0 Å². The number of aliphatic hydroxyl groups excluding tert-OH is 1. The molecule has 0 saturated carbocycles. The van der Waals surface area contributed by atoms with E-state index in [-0.39, 0.29) is 74.8 Å². The Kier molecular flexibility index (Phi) is 19.4. The third kappa shape index (κ3) is 18.6. The van der Waals surface area contributed by atoms with Gasteiger partial charge >= 0.3 is 0 Å². The summed E-state index contributed by atoms with van der Waals surface area (Å²) in [6.07, 6.45) is 6.18. The lowest BCUT2D eigenvalue weighted by Gasteiger charge is -2.16. The van der Waals surface area contributed by atoms with E-state index in [1.54, 1.807) is 18.2 Å².